The summed E-state index contributed by atoms with van der Waals surface area (Å²) in [5.74, 6) is 0. The van der Waals surface area contributed by atoms with Crippen molar-refractivity contribution >= 4 is 22.9 Å². The fourth-order valence-corrected chi connectivity index (χ4v) is 3.84. The van der Waals surface area contributed by atoms with Gasteiger partial charge >= 0.3 is 17.7 Å². The van der Waals surface area contributed by atoms with Gasteiger partial charge in [-0.3, -0.25) is 15.2 Å². The Morgan fingerprint density at radius 1 is 1.32 bits per heavy atom. The van der Waals surface area contributed by atoms with Gasteiger partial charge in [-0.05, 0) is 37.7 Å². The number of fused-ring (bicyclic) bond motifs is 1. The molecule has 0 radical (unpaired) electrons. The number of aromatic amines is 1. The molecule has 166 valence electrons. The highest BCUT2D eigenvalue weighted by molar-refractivity contribution is 5.85. The zero-order chi connectivity index (χ0) is 21.8. The minimum absolute atomic E-state index is 0.0183. The number of amides is 1. The summed E-state index contributed by atoms with van der Waals surface area (Å²) in [5.41, 5.74) is 2.96. The number of hydrogen-bond donors (Lipinski definition) is 2. The average Bonchev–Trinajstić information content (AvgIpc) is 3.25. The van der Waals surface area contributed by atoms with Crippen molar-refractivity contribution in [3.8, 4) is 6.01 Å². The second-order valence-electron chi connectivity index (χ2n) is 7.65. The van der Waals surface area contributed by atoms with E-state index in [1.165, 1.54) is 6.07 Å². The molecule has 2 fully saturated rings. The zero-order valence-electron chi connectivity index (χ0n) is 17.3. The van der Waals surface area contributed by atoms with Gasteiger partial charge in [0.15, 0.2) is 0 Å². The van der Waals surface area contributed by atoms with Crippen LogP contribution in [0.15, 0.2) is 25.2 Å². The highest BCUT2D eigenvalue weighted by Crippen LogP contribution is 2.21. The van der Waals surface area contributed by atoms with Gasteiger partial charge in [0, 0.05) is 32.0 Å². The molecule has 1 aliphatic heterocycles. The first-order chi connectivity index (χ1) is 15.0. The summed E-state index contributed by atoms with van der Waals surface area (Å²) in [5, 5.41) is 6.07. The largest absolute Gasteiger partial charge is 0.445 e. The highest BCUT2D eigenvalue weighted by Gasteiger charge is 2.22. The predicted molar refractivity (Wildman–Crippen MR) is 111 cm³/mol. The topological polar surface area (TPSA) is 139 Å². The third-order valence-electron chi connectivity index (χ3n) is 5.48. The van der Waals surface area contributed by atoms with Crippen LogP contribution in [-0.2, 0) is 11.2 Å². The van der Waals surface area contributed by atoms with Crippen LogP contribution in [0.2, 0.25) is 0 Å². The molecule has 2 aliphatic rings. The Kier molecular flexibility index (Phi) is 6.31. The summed E-state index contributed by atoms with van der Waals surface area (Å²) < 4.78 is 10.4. The molecule has 0 spiro atoms. The predicted octanol–water partition coefficient (Wildman–Crippen LogP) is 1.85. The van der Waals surface area contributed by atoms with E-state index in [2.05, 4.69) is 20.5 Å². The van der Waals surface area contributed by atoms with Crippen molar-refractivity contribution in [3.05, 3.63) is 32.4 Å². The molecular formula is C20H25N5O6. The molecule has 2 aromatic heterocycles. The first-order valence-corrected chi connectivity index (χ1v) is 10.5. The summed E-state index contributed by atoms with van der Waals surface area (Å²) in [6, 6.07) is 1.13. The van der Waals surface area contributed by atoms with Crippen LogP contribution in [0.5, 0.6) is 6.01 Å². The Morgan fingerprint density at radius 2 is 2.06 bits per heavy atom. The maximum Gasteiger partial charge on any atom is 0.422 e. The molecule has 2 aromatic rings. The molecule has 0 bridgehead atoms. The van der Waals surface area contributed by atoms with Crippen molar-refractivity contribution in [2.24, 2.45) is 5.16 Å². The first kappa shape index (κ1) is 21.0. The zero-order valence-corrected chi connectivity index (χ0v) is 17.3. The van der Waals surface area contributed by atoms with Crippen LogP contribution in [0, 0.1) is 0 Å². The summed E-state index contributed by atoms with van der Waals surface area (Å²) in [6.07, 6.45) is 5.28. The molecule has 4 rings (SSSR count). The monoisotopic (exact) mass is 431 g/mol. The number of oxime groups is 1. The number of H-pyrrole nitrogens is 1. The van der Waals surface area contributed by atoms with Crippen LogP contribution < -0.4 is 21.4 Å². The number of hydrazine groups is 1. The second-order valence-corrected chi connectivity index (χ2v) is 7.65. The molecule has 1 saturated carbocycles. The van der Waals surface area contributed by atoms with Gasteiger partial charge < -0.3 is 14.0 Å². The molecule has 3 heterocycles. The van der Waals surface area contributed by atoms with Crippen LogP contribution in [0.25, 0.3) is 11.1 Å². The van der Waals surface area contributed by atoms with E-state index in [0.29, 0.717) is 37.9 Å². The number of ether oxygens (including phenoxy) is 1. The van der Waals surface area contributed by atoms with Crippen molar-refractivity contribution in [2.45, 2.75) is 58.0 Å². The lowest BCUT2D eigenvalue weighted by Crippen LogP contribution is -2.47. The van der Waals surface area contributed by atoms with Gasteiger partial charge in [-0.1, -0.05) is 12.1 Å². The molecule has 11 heteroatoms. The van der Waals surface area contributed by atoms with Crippen LogP contribution in [-0.4, -0.2) is 46.0 Å². The van der Waals surface area contributed by atoms with Gasteiger partial charge in [0.1, 0.15) is 11.5 Å². The molecule has 31 heavy (non-hydrogen) atoms. The molecule has 1 saturated heterocycles. The minimum Gasteiger partial charge on any atom is -0.445 e. The van der Waals surface area contributed by atoms with E-state index in [0.717, 1.165) is 31.4 Å². The number of aryl methyl sites for hydroxylation is 1. The Balaban J connectivity index is 1.34. The Bertz CT molecular complexity index is 1090. The van der Waals surface area contributed by atoms with E-state index in [1.54, 1.807) is 5.01 Å². The van der Waals surface area contributed by atoms with Crippen LogP contribution in [0.1, 0.15) is 51.0 Å². The van der Waals surface area contributed by atoms with Gasteiger partial charge in [0.05, 0.1) is 5.71 Å². The van der Waals surface area contributed by atoms with Gasteiger partial charge in [-0.2, -0.15) is 4.98 Å². The lowest BCUT2D eigenvalue weighted by atomic mass is 10.1. The van der Waals surface area contributed by atoms with Gasteiger partial charge in [-0.15, -0.1) is 0 Å². The number of nitrogens with one attached hydrogen (secondary N) is 2. The normalized spacial score (nSPS) is 17.6. The Morgan fingerprint density at radius 3 is 2.77 bits per heavy atom. The number of aromatic nitrogens is 2. The van der Waals surface area contributed by atoms with E-state index >= 15 is 0 Å². The summed E-state index contributed by atoms with van der Waals surface area (Å²) in [4.78, 5) is 47.8. The number of carbonyl (C=O) groups is 1. The minimum atomic E-state index is -0.578. The second kappa shape index (κ2) is 9.29. The lowest BCUT2D eigenvalue weighted by Gasteiger charge is -2.27. The molecule has 0 unspecified atom stereocenters. The van der Waals surface area contributed by atoms with E-state index in [9.17, 15) is 14.4 Å². The van der Waals surface area contributed by atoms with Crippen molar-refractivity contribution in [3.63, 3.8) is 0 Å². The number of carbonyl (C=O) groups excluding carboxylic acids is 1. The van der Waals surface area contributed by atoms with E-state index in [1.807, 2.05) is 6.92 Å². The third-order valence-corrected chi connectivity index (χ3v) is 5.48. The molecule has 2 N–H and O–H groups in total. The quantitative estimate of drug-likeness (QED) is 0.684. The van der Waals surface area contributed by atoms with Gasteiger partial charge in [-0.25, -0.2) is 14.6 Å². The van der Waals surface area contributed by atoms with Crippen molar-refractivity contribution in [1.82, 2.24) is 20.4 Å². The SMILES string of the molecule is CCc1cc(=O)oc2nc(ON=C3CCN(NC(=O)OC4CCCC4)CC3)[nH]c(=O)c12. The number of piperidine rings is 1. The van der Waals surface area contributed by atoms with Crippen LogP contribution in [0.4, 0.5) is 4.79 Å². The van der Waals surface area contributed by atoms with E-state index in [-0.39, 0.29) is 23.2 Å². The third kappa shape index (κ3) is 5.10. The average molecular weight is 431 g/mol. The van der Waals surface area contributed by atoms with Gasteiger partial charge in [0.25, 0.3) is 5.56 Å². The van der Waals surface area contributed by atoms with Crippen molar-refractivity contribution in [2.75, 3.05) is 13.1 Å². The molecule has 1 aliphatic carbocycles. The number of hydrogen-bond acceptors (Lipinski definition) is 9. The van der Waals surface area contributed by atoms with E-state index in [4.69, 9.17) is 14.0 Å². The maximum absolute atomic E-state index is 12.4. The molecule has 1 amide bonds. The van der Waals surface area contributed by atoms with E-state index < -0.39 is 17.3 Å². The number of nitrogens with zero attached hydrogens (tertiary/aromatic N) is 3. The maximum atomic E-state index is 12.4. The smallest absolute Gasteiger partial charge is 0.422 e. The summed E-state index contributed by atoms with van der Waals surface area (Å²) >= 11 is 0. The highest BCUT2D eigenvalue weighted by atomic mass is 16.6. The fourth-order valence-electron chi connectivity index (χ4n) is 3.84. The molecule has 11 nitrogen and oxygen atoms in total. The van der Waals surface area contributed by atoms with Crippen LogP contribution in [0.3, 0.4) is 0 Å². The number of rotatable bonds is 5. The molecule has 0 aromatic carbocycles. The fraction of sp³-hybridized carbons (Fsp3) is 0.550. The molecule has 0 atom stereocenters. The summed E-state index contributed by atoms with van der Waals surface area (Å²) in [7, 11) is 0. The Labute approximate surface area is 177 Å². The van der Waals surface area contributed by atoms with Crippen molar-refractivity contribution in [1.29, 1.82) is 0 Å². The first-order valence-electron chi connectivity index (χ1n) is 10.5. The Hall–Kier alpha value is -3.21. The lowest BCUT2D eigenvalue weighted by molar-refractivity contribution is 0.0713. The van der Waals surface area contributed by atoms with Crippen molar-refractivity contribution < 1.29 is 18.8 Å². The van der Waals surface area contributed by atoms with Gasteiger partial charge in [0.2, 0.25) is 5.71 Å². The standard InChI is InChI=1S/C20H25N5O6/c1-2-12-11-15(26)30-18-16(12)17(27)21-19(22-18)31-24-13-7-9-25(10-8-13)23-20(28)29-14-5-3-4-6-14/h11,14H,2-10H2,1H3,(H,23,28)(H,21,22,27). The summed E-state index contributed by atoms with van der Waals surface area (Å²) in [6.45, 7) is 2.94. The van der Waals surface area contributed by atoms with Crippen LogP contribution >= 0.6 is 0 Å². The molecular weight excluding hydrogens is 406 g/mol.